The summed E-state index contributed by atoms with van der Waals surface area (Å²) in [5.41, 5.74) is 0.755. The fourth-order valence-corrected chi connectivity index (χ4v) is 3.24. The molecule has 0 radical (unpaired) electrons. The van der Waals surface area contributed by atoms with Gasteiger partial charge in [0.15, 0.2) is 0 Å². The van der Waals surface area contributed by atoms with Crippen LogP contribution < -0.4 is 16.0 Å². The molecule has 2 heterocycles. The minimum Gasteiger partial charge on any atom is -0.467 e. The summed E-state index contributed by atoms with van der Waals surface area (Å²) >= 11 is 0. The third-order valence-electron chi connectivity index (χ3n) is 5.00. The van der Waals surface area contributed by atoms with E-state index in [4.69, 9.17) is 4.42 Å². The first-order chi connectivity index (χ1) is 14.5. The zero-order valence-electron chi connectivity index (χ0n) is 16.5. The molecule has 1 saturated heterocycles. The Morgan fingerprint density at radius 2 is 1.73 bits per heavy atom. The number of hydrogen-bond acceptors (Lipinski definition) is 4. The SMILES string of the molecule is O=C(NCC(=O)N1CCC(C(=O)NCc2ccco2)CC1)NCc1ccc(F)cc1. The average Bonchev–Trinajstić information content (AvgIpc) is 3.29. The largest absolute Gasteiger partial charge is 0.467 e. The fraction of sp³-hybridized carbons (Fsp3) is 0.381. The molecule has 0 aliphatic carbocycles. The molecule has 1 aliphatic rings. The third-order valence-corrected chi connectivity index (χ3v) is 5.00. The molecular formula is C21H25FN4O4. The Morgan fingerprint density at radius 1 is 1.00 bits per heavy atom. The standard InChI is InChI=1S/C21H25FN4O4/c22-17-5-3-15(4-6-17)12-24-21(29)25-14-19(27)26-9-7-16(8-10-26)20(28)23-13-18-2-1-11-30-18/h1-6,11,16H,7-10,12-14H2,(H,23,28)(H2,24,25,29). The van der Waals surface area contributed by atoms with Gasteiger partial charge in [-0.25, -0.2) is 9.18 Å². The van der Waals surface area contributed by atoms with Gasteiger partial charge in [0.05, 0.1) is 19.4 Å². The minimum atomic E-state index is -0.472. The van der Waals surface area contributed by atoms with Gasteiger partial charge >= 0.3 is 6.03 Å². The number of piperidine rings is 1. The number of nitrogens with one attached hydrogen (secondary N) is 3. The molecule has 0 unspecified atom stereocenters. The molecule has 0 bridgehead atoms. The fourth-order valence-electron chi connectivity index (χ4n) is 3.24. The summed E-state index contributed by atoms with van der Waals surface area (Å²) in [4.78, 5) is 38.1. The van der Waals surface area contributed by atoms with Crippen LogP contribution in [-0.2, 0) is 22.7 Å². The van der Waals surface area contributed by atoms with E-state index in [-0.39, 0.29) is 36.6 Å². The maximum atomic E-state index is 12.9. The van der Waals surface area contributed by atoms with Crippen LogP contribution >= 0.6 is 0 Å². The Hall–Kier alpha value is -3.36. The molecule has 3 rings (SSSR count). The Balaban J connectivity index is 1.32. The van der Waals surface area contributed by atoms with Crippen molar-refractivity contribution in [3.05, 3.63) is 59.8 Å². The number of rotatable bonds is 7. The number of carbonyl (C=O) groups excluding carboxylic acids is 3. The predicted molar refractivity (Wildman–Crippen MR) is 106 cm³/mol. The lowest BCUT2D eigenvalue weighted by Crippen LogP contribution is -2.47. The monoisotopic (exact) mass is 416 g/mol. The Labute approximate surface area is 173 Å². The lowest BCUT2D eigenvalue weighted by molar-refractivity contribution is -0.134. The van der Waals surface area contributed by atoms with E-state index in [0.717, 1.165) is 5.56 Å². The average molecular weight is 416 g/mol. The second-order valence-corrected chi connectivity index (χ2v) is 7.11. The highest BCUT2D eigenvalue weighted by Gasteiger charge is 2.27. The summed E-state index contributed by atoms with van der Waals surface area (Å²) in [6.07, 6.45) is 2.71. The van der Waals surface area contributed by atoms with Gasteiger partial charge in [-0.15, -0.1) is 0 Å². The topological polar surface area (TPSA) is 104 Å². The van der Waals surface area contributed by atoms with E-state index in [9.17, 15) is 18.8 Å². The quantitative estimate of drug-likeness (QED) is 0.640. The number of halogens is 1. The van der Waals surface area contributed by atoms with Crippen LogP contribution in [0.5, 0.6) is 0 Å². The first kappa shape index (κ1) is 21.4. The first-order valence-electron chi connectivity index (χ1n) is 9.85. The normalized spacial score (nSPS) is 14.2. The van der Waals surface area contributed by atoms with Crippen LogP contribution in [0.25, 0.3) is 0 Å². The summed E-state index contributed by atoms with van der Waals surface area (Å²) in [5.74, 6) is -0.0264. The molecule has 1 aromatic heterocycles. The Bertz CT molecular complexity index is 846. The number of furan rings is 1. The van der Waals surface area contributed by atoms with Crippen LogP contribution in [0.1, 0.15) is 24.2 Å². The molecule has 3 N–H and O–H groups in total. The Morgan fingerprint density at radius 3 is 2.40 bits per heavy atom. The Kier molecular flexibility index (Phi) is 7.42. The number of nitrogens with zero attached hydrogens (tertiary/aromatic N) is 1. The predicted octanol–water partition coefficient (Wildman–Crippen LogP) is 1.77. The molecule has 30 heavy (non-hydrogen) atoms. The molecule has 9 heteroatoms. The van der Waals surface area contributed by atoms with Crippen molar-refractivity contribution in [3.8, 4) is 0 Å². The van der Waals surface area contributed by atoms with Crippen LogP contribution in [0.4, 0.5) is 9.18 Å². The molecule has 8 nitrogen and oxygen atoms in total. The number of benzene rings is 1. The van der Waals surface area contributed by atoms with Gasteiger partial charge in [-0.1, -0.05) is 12.1 Å². The van der Waals surface area contributed by atoms with Gasteiger partial charge < -0.3 is 25.3 Å². The van der Waals surface area contributed by atoms with Gasteiger partial charge in [-0.2, -0.15) is 0 Å². The summed E-state index contributed by atoms with van der Waals surface area (Å²) in [7, 11) is 0. The van der Waals surface area contributed by atoms with Gasteiger partial charge in [0.2, 0.25) is 11.8 Å². The van der Waals surface area contributed by atoms with Crippen molar-refractivity contribution in [2.75, 3.05) is 19.6 Å². The molecule has 1 fully saturated rings. The molecule has 1 aromatic carbocycles. The lowest BCUT2D eigenvalue weighted by atomic mass is 9.96. The summed E-state index contributed by atoms with van der Waals surface area (Å²) in [6.45, 7) is 1.40. The second kappa shape index (κ2) is 10.4. The molecule has 0 saturated carbocycles. The molecule has 0 spiro atoms. The van der Waals surface area contributed by atoms with Crippen molar-refractivity contribution in [2.45, 2.75) is 25.9 Å². The van der Waals surface area contributed by atoms with Crippen molar-refractivity contribution >= 4 is 17.8 Å². The van der Waals surface area contributed by atoms with E-state index >= 15 is 0 Å². The van der Waals surface area contributed by atoms with Crippen molar-refractivity contribution in [1.29, 1.82) is 0 Å². The van der Waals surface area contributed by atoms with Crippen LogP contribution in [0.15, 0.2) is 47.1 Å². The molecule has 2 aromatic rings. The van der Waals surface area contributed by atoms with Crippen molar-refractivity contribution in [2.24, 2.45) is 5.92 Å². The van der Waals surface area contributed by atoms with E-state index in [2.05, 4.69) is 16.0 Å². The van der Waals surface area contributed by atoms with Crippen LogP contribution in [0.2, 0.25) is 0 Å². The maximum Gasteiger partial charge on any atom is 0.315 e. The number of urea groups is 1. The maximum absolute atomic E-state index is 12.9. The van der Waals surface area contributed by atoms with Gasteiger partial charge in [0.1, 0.15) is 11.6 Å². The third kappa shape index (κ3) is 6.33. The smallest absolute Gasteiger partial charge is 0.315 e. The van der Waals surface area contributed by atoms with Gasteiger partial charge in [-0.3, -0.25) is 9.59 Å². The minimum absolute atomic E-state index is 0.0446. The molecule has 1 aliphatic heterocycles. The zero-order valence-corrected chi connectivity index (χ0v) is 16.5. The highest BCUT2D eigenvalue weighted by Crippen LogP contribution is 2.17. The highest BCUT2D eigenvalue weighted by atomic mass is 19.1. The number of amides is 4. The highest BCUT2D eigenvalue weighted by molar-refractivity contribution is 5.84. The molecule has 4 amide bonds. The summed E-state index contributed by atoms with van der Waals surface area (Å²) in [6, 6.07) is 8.89. The molecular weight excluding hydrogens is 391 g/mol. The van der Waals surface area contributed by atoms with E-state index in [0.29, 0.717) is 38.2 Å². The summed E-state index contributed by atoms with van der Waals surface area (Å²) < 4.78 is 18.1. The second-order valence-electron chi connectivity index (χ2n) is 7.11. The lowest BCUT2D eigenvalue weighted by Gasteiger charge is -2.31. The zero-order chi connectivity index (χ0) is 21.3. The van der Waals surface area contributed by atoms with Crippen molar-refractivity contribution in [1.82, 2.24) is 20.9 Å². The van der Waals surface area contributed by atoms with Crippen molar-refractivity contribution in [3.63, 3.8) is 0 Å². The van der Waals surface area contributed by atoms with Gasteiger partial charge in [0, 0.05) is 25.6 Å². The van der Waals surface area contributed by atoms with Crippen LogP contribution in [0.3, 0.4) is 0 Å². The number of hydrogen-bond donors (Lipinski definition) is 3. The van der Waals surface area contributed by atoms with E-state index in [1.807, 2.05) is 0 Å². The number of carbonyl (C=O) groups is 3. The van der Waals surface area contributed by atoms with Gasteiger partial charge in [0.25, 0.3) is 0 Å². The van der Waals surface area contributed by atoms with E-state index < -0.39 is 6.03 Å². The van der Waals surface area contributed by atoms with Crippen LogP contribution in [-0.4, -0.2) is 42.4 Å². The molecule has 160 valence electrons. The first-order valence-corrected chi connectivity index (χ1v) is 9.85. The van der Waals surface area contributed by atoms with Crippen LogP contribution in [0, 0.1) is 11.7 Å². The van der Waals surface area contributed by atoms with E-state index in [1.165, 1.54) is 12.1 Å². The number of likely N-dealkylation sites (tertiary alicyclic amines) is 1. The van der Waals surface area contributed by atoms with E-state index in [1.54, 1.807) is 35.4 Å². The van der Waals surface area contributed by atoms with Gasteiger partial charge in [-0.05, 0) is 42.7 Å². The summed E-state index contributed by atoms with van der Waals surface area (Å²) in [5, 5.41) is 7.99. The van der Waals surface area contributed by atoms with Crippen molar-refractivity contribution < 1.29 is 23.2 Å². The molecule has 0 atom stereocenters.